The number of carbonyl (C=O) groups excluding carboxylic acids is 2. The molecule has 1 aliphatic rings. The van der Waals surface area contributed by atoms with Crippen molar-refractivity contribution in [3.63, 3.8) is 0 Å². The number of piperidine rings is 1. The van der Waals surface area contributed by atoms with Crippen LogP contribution in [0.4, 0.5) is 11.5 Å². The maximum Gasteiger partial charge on any atom is 0.257 e. The first-order valence-electron chi connectivity index (χ1n) is 10.9. The highest BCUT2D eigenvalue weighted by Crippen LogP contribution is 2.34. The third kappa shape index (κ3) is 4.50. The zero-order valence-corrected chi connectivity index (χ0v) is 18.7. The SMILES string of the molecule is CNC(=O)C1(c2ccccn2)CCCN(C(=O)c2cccnc2Nc2ccc(OC)cc2)C1. The summed E-state index contributed by atoms with van der Waals surface area (Å²) in [5.74, 6) is 0.886. The molecule has 1 saturated heterocycles. The fraction of sp³-hybridized carbons (Fsp3) is 0.280. The molecule has 2 aromatic heterocycles. The molecule has 1 fully saturated rings. The fourth-order valence-corrected chi connectivity index (χ4v) is 4.28. The molecule has 170 valence electrons. The third-order valence-corrected chi connectivity index (χ3v) is 5.99. The number of benzene rings is 1. The molecule has 8 nitrogen and oxygen atoms in total. The molecule has 8 heteroatoms. The molecule has 0 radical (unpaired) electrons. The van der Waals surface area contributed by atoms with Gasteiger partial charge in [0.2, 0.25) is 5.91 Å². The predicted octanol–water partition coefficient (Wildman–Crippen LogP) is 3.15. The van der Waals surface area contributed by atoms with Crippen molar-refractivity contribution >= 4 is 23.3 Å². The second-order valence-electron chi connectivity index (χ2n) is 7.96. The van der Waals surface area contributed by atoms with Crippen LogP contribution in [0.1, 0.15) is 28.9 Å². The zero-order valence-electron chi connectivity index (χ0n) is 18.7. The van der Waals surface area contributed by atoms with Gasteiger partial charge < -0.3 is 20.3 Å². The Morgan fingerprint density at radius 3 is 2.52 bits per heavy atom. The van der Waals surface area contributed by atoms with Crippen LogP contribution < -0.4 is 15.4 Å². The van der Waals surface area contributed by atoms with E-state index in [9.17, 15) is 9.59 Å². The summed E-state index contributed by atoms with van der Waals surface area (Å²) in [5.41, 5.74) is 1.01. The van der Waals surface area contributed by atoms with E-state index in [-0.39, 0.29) is 18.4 Å². The van der Waals surface area contributed by atoms with Crippen molar-refractivity contribution in [3.05, 3.63) is 78.2 Å². The normalized spacial score (nSPS) is 17.8. The van der Waals surface area contributed by atoms with E-state index in [1.165, 1.54) is 0 Å². The molecule has 1 atom stereocenters. The number of rotatable bonds is 6. The van der Waals surface area contributed by atoms with E-state index in [1.54, 1.807) is 43.6 Å². The van der Waals surface area contributed by atoms with E-state index in [0.29, 0.717) is 36.5 Å². The fourth-order valence-electron chi connectivity index (χ4n) is 4.28. The van der Waals surface area contributed by atoms with E-state index < -0.39 is 5.41 Å². The Balaban J connectivity index is 1.62. The first-order valence-corrected chi connectivity index (χ1v) is 10.9. The first kappa shape index (κ1) is 22.3. The molecule has 0 bridgehead atoms. The Morgan fingerprint density at radius 2 is 1.82 bits per heavy atom. The van der Waals surface area contributed by atoms with E-state index in [2.05, 4.69) is 20.6 Å². The lowest BCUT2D eigenvalue weighted by Crippen LogP contribution is -2.56. The van der Waals surface area contributed by atoms with Crippen LogP contribution in [0.15, 0.2) is 67.0 Å². The number of carbonyl (C=O) groups is 2. The molecule has 0 spiro atoms. The highest BCUT2D eigenvalue weighted by Gasteiger charge is 2.45. The van der Waals surface area contributed by atoms with Crippen molar-refractivity contribution < 1.29 is 14.3 Å². The van der Waals surface area contributed by atoms with Gasteiger partial charge in [0.25, 0.3) is 5.91 Å². The third-order valence-electron chi connectivity index (χ3n) is 5.99. The van der Waals surface area contributed by atoms with Gasteiger partial charge in [-0.2, -0.15) is 0 Å². The second kappa shape index (κ2) is 9.68. The molecular weight excluding hydrogens is 418 g/mol. The highest BCUT2D eigenvalue weighted by molar-refractivity contribution is 6.00. The van der Waals surface area contributed by atoms with Crippen molar-refractivity contribution in [2.75, 3.05) is 32.6 Å². The van der Waals surface area contributed by atoms with Crippen LogP contribution in [0.3, 0.4) is 0 Å². The van der Waals surface area contributed by atoms with Crippen LogP contribution >= 0.6 is 0 Å². The Kier molecular flexibility index (Phi) is 6.53. The monoisotopic (exact) mass is 445 g/mol. The Bertz CT molecular complexity index is 1120. The van der Waals surface area contributed by atoms with E-state index in [4.69, 9.17) is 4.74 Å². The first-order chi connectivity index (χ1) is 16.1. The average molecular weight is 446 g/mol. The molecule has 1 unspecified atom stereocenters. The van der Waals surface area contributed by atoms with Gasteiger partial charge >= 0.3 is 0 Å². The molecule has 4 rings (SSSR count). The number of nitrogens with one attached hydrogen (secondary N) is 2. The number of anilines is 2. The lowest BCUT2D eigenvalue weighted by molar-refractivity contribution is -0.128. The van der Waals surface area contributed by atoms with Crippen molar-refractivity contribution in [1.82, 2.24) is 20.2 Å². The van der Waals surface area contributed by atoms with Gasteiger partial charge in [0.1, 0.15) is 17.0 Å². The topological polar surface area (TPSA) is 96.5 Å². The lowest BCUT2D eigenvalue weighted by Gasteiger charge is -2.41. The lowest BCUT2D eigenvalue weighted by atomic mass is 9.75. The quantitative estimate of drug-likeness (QED) is 0.605. The second-order valence-corrected chi connectivity index (χ2v) is 7.96. The van der Waals surface area contributed by atoms with Gasteiger partial charge in [0.05, 0.1) is 18.4 Å². The highest BCUT2D eigenvalue weighted by atomic mass is 16.5. The van der Waals surface area contributed by atoms with Crippen LogP contribution in [-0.2, 0) is 10.2 Å². The van der Waals surface area contributed by atoms with Gasteiger partial charge in [0.15, 0.2) is 0 Å². The number of pyridine rings is 2. The van der Waals surface area contributed by atoms with Crippen molar-refractivity contribution in [1.29, 1.82) is 0 Å². The molecular formula is C25H27N5O3. The number of hydrogen-bond acceptors (Lipinski definition) is 6. The molecule has 1 aliphatic heterocycles. The van der Waals surface area contributed by atoms with Crippen LogP contribution in [0.25, 0.3) is 0 Å². The molecule has 3 heterocycles. The van der Waals surface area contributed by atoms with Crippen LogP contribution in [0.5, 0.6) is 5.75 Å². The average Bonchev–Trinajstić information content (AvgIpc) is 2.89. The number of likely N-dealkylation sites (tertiary alicyclic amines) is 1. The molecule has 33 heavy (non-hydrogen) atoms. The number of ether oxygens (including phenoxy) is 1. The van der Waals surface area contributed by atoms with Gasteiger partial charge in [-0.05, 0) is 61.4 Å². The van der Waals surface area contributed by atoms with Gasteiger partial charge in [-0.1, -0.05) is 6.07 Å². The summed E-state index contributed by atoms with van der Waals surface area (Å²) in [6.07, 6.45) is 4.63. The molecule has 0 saturated carbocycles. The summed E-state index contributed by atoms with van der Waals surface area (Å²) in [7, 11) is 3.23. The minimum Gasteiger partial charge on any atom is -0.497 e. The molecule has 2 amide bonds. The Morgan fingerprint density at radius 1 is 1.03 bits per heavy atom. The zero-order chi connectivity index (χ0) is 23.3. The maximum atomic E-state index is 13.6. The number of aromatic nitrogens is 2. The number of likely N-dealkylation sites (N-methyl/N-ethyl adjacent to an activating group) is 1. The standard InChI is InChI=1S/C25H27N5O3/c1-26-24(32)25(21-8-3-4-14-27-21)13-6-16-30(17-25)23(31)20-7-5-15-28-22(20)29-18-9-11-19(33-2)12-10-18/h3-5,7-12,14-15H,6,13,16-17H2,1-2H3,(H,26,32)(H,28,29). The number of hydrogen-bond donors (Lipinski definition) is 2. The smallest absolute Gasteiger partial charge is 0.257 e. The predicted molar refractivity (Wildman–Crippen MR) is 126 cm³/mol. The minimum atomic E-state index is -0.893. The summed E-state index contributed by atoms with van der Waals surface area (Å²) >= 11 is 0. The van der Waals surface area contributed by atoms with Gasteiger partial charge in [-0.25, -0.2) is 4.98 Å². The summed E-state index contributed by atoms with van der Waals surface area (Å²) < 4.78 is 5.20. The van der Waals surface area contributed by atoms with Gasteiger partial charge in [0, 0.05) is 38.2 Å². The van der Waals surface area contributed by atoms with Crippen LogP contribution in [-0.4, -0.2) is 53.9 Å². The molecule has 2 N–H and O–H groups in total. The number of amides is 2. The Hall–Kier alpha value is -3.94. The maximum absolute atomic E-state index is 13.6. The van der Waals surface area contributed by atoms with Crippen LogP contribution in [0.2, 0.25) is 0 Å². The molecule has 1 aromatic carbocycles. The van der Waals surface area contributed by atoms with E-state index >= 15 is 0 Å². The number of nitrogens with zero attached hydrogens (tertiary/aromatic N) is 3. The van der Waals surface area contributed by atoms with Crippen molar-refractivity contribution in [2.24, 2.45) is 0 Å². The molecule has 0 aliphatic carbocycles. The molecule has 3 aromatic rings. The minimum absolute atomic E-state index is 0.138. The Labute approximate surface area is 193 Å². The van der Waals surface area contributed by atoms with E-state index in [1.807, 2.05) is 42.5 Å². The summed E-state index contributed by atoms with van der Waals surface area (Å²) in [6, 6.07) is 16.4. The van der Waals surface area contributed by atoms with Gasteiger partial charge in [-0.3, -0.25) is 14.6 Å². The van der Waals surface area contributed by atoms with E-state index in [0.717, 1.165) is 11.4 Å². The summed E-state index contributed by atoms with van der Waals surface area (Å²) in [5, 5.41) is 6.00. The van der Waals surface area contributed by atoms with Crippen molar-refractivity contribution in [2.45, 2.75) is 18.3 Å². The summed E-state index contributed by atoms with van der Waals surface area (Å²) in [6.45, 7) is 0.806. The van der Waals surface area contributed by atoms with Crippen molar-refractivity contribution in [3.8, 4) is 5.75 Å². The largest absolute Gasteiger partial charge is 0.497 e. The van der Waals surface area contributed by atoms with Crippen LogP contribution in [0, 0.1) is 0 Å². The summed E-state index contributed by atoms with van der Waals surface area (Å²) in [4.78, 5) is 37.2. The number of methoxy groups -OCH3 is 1. The van der Waals surface area contributed by atoms with Gasteiger partial charge in [-0.15, -0.1) is 0 Å².